The van der Waals surface area contributed by atoms with Crippen molar-refractivity contribution in [3.8, 4) is 0 Å². The van der Waals surface area contributed by atoms with Crippen LogP contribution in [-0.2, 0) is 14.3 Å². The molecule has 21 heavy (non-hydrogen) atoms. The van der Waals surface area contributed by atoms with Gasteiger partial charge in [-0.25, -0.2) is 14.0 Å². The molecule has 9 heteroatoms. The van der Waals surface area contributed by atoms with E-state index in [0.717, 1.165) is 13.2 Å². The Kier molecular flexibility index (Phi) is 6.34. The molecular formula is C12H12FIN2O5. The van der Waals surface area contributed by atoms with E-state index in [4.69, 9.17) is 5.11 Å². The number of nitrogens with one attached hydrogen (secondary N) is 2. The predicted molar refractivity (Wildman–Crippen MR) is 79.3 cm³/mol. The van der Waals surface area contributed by atoms with Crippen molar-refractivity contribution in [2.24, 2.45) is 0 Å². The Bertz CT molecular complexity index is 567. The van der Waals surface area contributed by atoms with Gasteiger partial charge in [-0.1, -0.05) is 0 Å². The molecule has 0 bridgehead atoms. The van der Waals surface area contributed by atoms with Gasteiger partial charge in [0.15, 0.2) is 0 Å². The van der Waals surface area contributed by atoms with Crippen LogP contribution in [0.15, 0.2) is 18.2 Å². The molecule has 0 aliphatic heterocycles. The van der Waals surface area contributed by atoms with Crippen LogP contribution in [0.3, 0.4) is 0 Å². The summed E-state index contributed by atoms with van der Waals surface area (Å²) in [4.78, 5) is 33.7. The van der Waals surface area contributed by atoms with E-state index in [1.54, 1.807) is 0 Å². The zero-order valence-corrected chi connectivity index (χ0v) is 13.0. The highest BCUT2D eigenvalue weighted by atomic mass is 127. The van der Waals surface area contributed by atoms with Gasteiger partial charge in [0.25, 0.3) is 0 Å². The molecule has 1 aromatic rings. The van der Waals surface area contributed by atoms with Crippen molar-refractivity contribution < 1.29 is 28.6 Å². The molecule has 3 N–H and O–H groups in total. The van der Waals surface area contributed by atoms with Crippen molar-refractivity contribution in [2.45, 2.75) is 12.5 Å². The smallest absolute Gasteiger partial charge is 0.326 e. The minimum absolute atomic E-state index is 0.316. The SMILES string of the molecule is COC(=O)C[C@H](NC(=O)Nc1ccc(F)cc1I)C(=O)O. The van der Waals surface area contributed by atoms with E-state index in [0.29, 0.717) is 9.26 Å². The molecule has 1 atom stereocenters. The highest BCUT2D eigenvalue weighted by Crippen LogP contribution is 2.18. The summed E-state index contributed by atoms with van der Waals surface area (Å²) in [6.07, 6.45) is -0.500. The van der Waals surface area contributed by atoms with Crippen molar-refractivity contribution in [1.82, 2.24) is 5.32 Å². The minimum Gasteiger partial charge on any atom is -0.480 e. The number of carboxylic acids is 1. The molecule has 1 aromatic carbocycles. The molecule has 1 rings (SSSR count). The Morgan fingerprint density at radius 1 is 1.43 bits per heavy atom. The Hall–Kier alpha value is -1.91. The lowest BCUT2D eigenvalue weighted by Gasteiger charge is -2.14. The number of carbonyl (C=O) groups excluding carboxylic acids is 2. The van der Waals surface area contributed by atoms with Crippen LogP contribution >= 0.6 is 22.6 Å². The number of aliphatic carboxylic acids is 1. The zero-order valence-electron chi connectivity index (χ0n) is 10.9. The quantitative estimate of drug-likeness (QED) is 0.505. The number of carbonyl (C=O) groups is 3. The number of hydrogen-bond donors (Lipinski definition) is 3. The molecular weight excluding hydrogens is 398 g/mol. The van der Waals surface area contributed by atoms with Gasteiger partial charge >= 0.3 is 18.0 Å². The van der Waals surface area contributed by atoms with Crippen LogP contribution in [0.1, 0.15) is 6.42 Å². The van der Waals surface area contributed by atoms with Crippen molar-refractivity contribution in [2.75, 3.05) is 12.4 Å². The second-order valence-corrected chi connectivity index (χ2v) is 5.06. The van der Waals surface area contributed by atoms with E-state index in [1.165, 1.54) is 12.1 Å². The number of carboxylic acid groups (broad SMARTS) is 1. The number of rotatable bonds is 5. The van der Waals surface area contributed by atoms with Gasteiger partial charge in [-0.05, 0) is 40.8 Å². The number of ether oxygens (including phenoxy) is 1. The molecule has 2 amide bonds. The van der Waals surface area contributed by atoms with Crippen LogP contribution in [0.5, 0.6) is 0 Å². The van der Waals surface area contributed by atoms with Gasteiger partial charge in [-0.2, -0.15) is 0 Å². The first kappa shape index (κ1) is 17.1. The molecule has 0 aliphatic rings. The van der Waals surface area contributed by atoms with Gasteiger partial charge in [-0.15, -0.1) is 0 Å². The first-order valence-electron chi connectivity index (χ1n) is 5.65. The van der Waals surface area contributed by atoms with Crippen molar-refractivity contribution in [3.05, 3.63) is 27.6 Å². The highest BCUT2D eigenvalue weighted by Gasteiger charge is 2.23. The van der Waals surface area contributed by atoms with Gasteiger partial charge in [0.2, 0.25) is 0 Å². The molecule has 0 saturated carbocycles. The van der Waals surface area contributed by atoms with Crippen LogP contribution in [0.4, 0.5) is 14.9 Å². The summed E-state index contributed by atoms with van der Waals surface area (Å²) in [5, 5.41) is 13.4. The first-order chi connectivity index (χ1) is 9.83. The number of anilines is 1. The largest absolute Gasteiger partial charge is 0.480 e. The van der Waals surface area contributed by atoms with Crippen LogP contribution in [0, 0.1) is 9.39 Å². The Labute approximate surface area is 133 Å². The monoisotopic (exact) mass is 410 g/mol. The van der Waals surface area contributed by atoms with E-state index in [2.05, 4.69) is 15.4 Å². The van der Waals surface area contributed by atoms with Crippen molar-refractivity contribution in [3.63, 3.8) is 0 Å². The average Bonchev–Trinajstić information content (AvgIpc) is 2.40. The summed E-state index contributed by atoms with van der Waals surface area (Å²) < 4.78 is 17.7. The van der Waals surface area contributed by atoms with Crippen molar-refractivity contribution >= 4 is 46.2 Å². The number of halogens is 2. The van der Waals surface area contributed by atoms with Gasteiger partial charge in [-0.3, -0.25) is 4.79 Å². The molecule has 0 saturated heterocycles. The molecule has 0 heterocycles. The Morgan fingerprint density at radius 2 is 2.10 bits per heavy atom. The Morgan fingerprint density at radius 3 is 2.62 bits per heavy atom. The fourth-order valence-electron chi connectivity index (χ4n) is 1.36. The number of urea groups is 1. The fraction of sp³-hybridized carbons (Fsp3) is 0.250. The molecule has 0 aromatic heterocycles. The normalized spacial score (nSPS) is 11.4. The van der Waals surface area contributed by atoms with Crippen LogP contribution in [-0.4, -0.2) is 36.2 Å². The maximum Gasteiger partial charge on any atom is 0.326 e. The van der Waals surface area contributed by atoms with Crippen LogP contribution in [0.25, 0.3) is 0 Å². The third-order valence-electron chi connectivity index (χ3n) is 2.38. The molecule has 114 valence electrons. The van der Waals surface area contributed by atoms with E-state index in [-0.39, 0.29) is 0 Å². The summed E-state index contributed by atoms with van der Waals surface area (Å²) in [7, 11) is 1.11. The topological polar surface area (TPSA) is 105 Å². The third-order valence-corrected chi connectivity index (χ3v) is 3.27. The van der Waals surface area contributed by atoms with Gasteiger partial charge in [0.05, 0.1) is 19.2 Å². The van der Waals surface area contributed by atoms with E-state index in [1.807, 2.05) is 22.6 Å². The minimum atomic E-state index is -1.42. The summed E-state index contributed by atoms with van der Waals surface area (Å²) >= 11 is 1.82. The van der Waals surface area contributed by atoms with Crippen LogP contribution in [0.2, 0.25) is 0 Å². The molecule has 0 fully saturated rings. The summed E-state index contributed by atoms with van der Waals surface area (Å²) in [5.74, 6) is -2.59. The zero-order chi connectivity index (χ0) is 16.0. The number of esters is 1. The lowest BCUT2D eigenvalue weighted by Crippen LogP contribution is -2.44. The van der Waals surface area contributed by atoms with E-state index < -0.39 is 36.2 Å². The maximum atomic E-state index is 12.9. The molecule has 0 unspecified atom stereocenters. The summed E-state index contributed by atoms with van der Waals surface area (Å²) in [6.45, 7) is 0. The molecule has 0 spiro atoms. The lowest BCUT2D eigenvalue weighted by molar-refractivity contribution is -0.147. The first-order valence-corrected chi connectivity index (χ1v) is 6.73. The van der Waals surface area contributed by atoms with Crippen LogP contribution < -0.4 is 10.6 Å². The van der Waals surface area contributed by atoms with Gasteiger partial charge in [0, 0.05) is 3.57 Å². The molecule has 0 aliphatic carbocycles. The number of hydrogen-bond acceptors (Lipinski definition) is 4. The lowest BCUT2D eigenvalue weighted by atomic mass is 10.2. The fourth-order valence-corrected chi connectivity index (χ4v) is 1.97. The van der Waals surface area contributed by atoms with E-state index in [9.17, 15) is 18.8 Å². The average molecular weight is 410 g/mol. The Balaban J connectivity index is 2.69. The summed E-state index contributed by atoms with van der Waals surface area (Å²) in [5.41, 5.74) is 0.316. The van der Waals surface area contributed by atoms with Crippen molar-refractivity contribution in [1.29, 1.82) is 0 Å². The van der Waals surface area contributed by atoms with E-state index >= 15 is 0 Å². The van der Waals surface area contributed by atoms with Gasteiger partial charge < -0.3 is 20.5 Å². The number of benzene rings is 1. The molecule has 7 nitrogen and oxygen atoms in total. The second kappa shape index (κ2) is 7.76. The highest BCUT2D eigenvalue weighted by molar-refractivity contribution is 14.1. The third kappa shape index (κ3) is 5.53. The predicted octanol–water partition coefficient (Wildman–Crippen LogP) is 1.57. The standard InChI is InChI=1S/C12H12FIN2O5/c1-21-10(17)5-9(11(18)19)16-12(20)15-8-3-2-6(13)4-7(8)14/h2-4,9H,5H2,1H3,(H,18,19)(H2,15,16,20)/t9-/m0/s1. The van der Waals surface area contributed by atoms with Gasteiger partial charge in [0.1, 0.15) is 11.9 Å². The maximum absolute atomic E-state index is 12.9. The summed E-state index contributed by atoms with van der Waals surface area (Å²) in [6, 6.07) is 1.46. The second-order valence-electron chi connectivity index (χ2n) is 3.89. The number of methoxy groups -OCH3 is 1. The molecule has 0 radical (unpaired) electrons. The number of amides is 2.